The minimum Gasteiger partial charge on any atom is -0.469 e. The van der Waals surface area contributed by atoms with E-state index in [-0.39, 0.29) is 0 Å². The van der Waals surface area contributed by atoms with Gasteiger partial charge in [0.15, 0.2) is 0 Å². The number of thiophene rings is 1. The number of rotatable bonds is 8. The molecule has 0 aliphatic carbocycles. The second-order valence-electron chi connectivity index (χ2n) is 4.80. The van der Waals surface area contributed by atoms with Crippen LogP contribution in [-0.2, 0) is 19.3 Å². The highest BCUT2D eigenvalue weighted by atomic mass is 32.1. The Kier molecular flexibility index (Phi) is 5.67. The van der Waals surface area contributed by atoms with Gasteiger partial charge in [0.2, 0.25) is 0 Å². The first-order valence-electron chi connectivity index (χ1n) is 7.15. The van der Waals surface area contributed by atoms with Crippen molar-refractivity contribution in [3.8, 4) is 0 Å². The fourth-order valence-corrected chi connectivity index (χ4v) is 3.34. The summed E-state index contributed by atoms with van der Waals surface area (Å²) < 4.78 is 5.41. The molecule has 2 aromatic rings. The predicted molar refractivity (Wildman–Crippen MR) is 81.9 cm³/mol. The van der Waals surface area contributed by atoms with Gasteiger partial charge in [-0.25, -0.2) is 0 Å². The molecule has 1 unspecified atom stereocenters. The van der Waals surface area contributed by atoms with Gasteiger partial charge in [-0.1, -0.05) is 13.8 Å². The smallest absolute Gasteiger partial charge is 0.103 e. The summed E-state index contributed by atoms with van der Waals surface area (Å²) in [7, 11) is 0. The quantitative estimate of drug-likeness (QED) is 0.787. The van der Waals surface area contributed by atoms with E-state index in [4.69, 9.17) is 4.42 Å². The number of furan rings is 1. The standard InChI is InChI=1S/C16H23NOS/c1-3-15-9-10-16(19-15)12-13(17-4-2)7-8-14-6-5-11-18-14/h5-6,9-11,13,17H,3-4,7-8,12H2,1-2H3. The van der Waals surface area contributed by atoms with Gasteiger partial charge in [0.25, 0.3) is 0 Å². The molecule has 2 aromatic heterocycles. The summed E-state index contributed by atoms with van der Waals surface area (Å²) in [6.07, 6.45) is 6.16. The Labute approximate surface area is 119 Å². The maximum Gasteiger partial charge on any atom is 0.103 e. The molecular weight excluding hydrogens is 254 g/mol. The van der Waals surface area contributed by atoms with E-state index in [2.05, 4.69) is 37.4 Å². The summed E-state index contributed by atoms with van der Waals surface area (Å²) in [4.78, 5) is 2.97. The van der Waals surface area contributed by atoms with Crippen LogP contribution in [0.4, 0.5) is 0 Å². The van der Waals surface area contributed by atoms with Gasteiger partial charge in [0.05, 0.1) is 6.26 Å². The Morgan fingerprint density at radius 3 is 2.68 bits per heavy atom. The molecule has 0 bridgehead atoms. The molecule has 104 valence electrons. The monoisotopic (exact) mass is 277 g/mol. The average Bonchev–Trinajstić information content (AvgIpc) is 3.07. The van der Waals surface area contributed by atoms with Crippen molar-refractivity contribution in [2.75, 3.05) is 6.54 Å². The third-order valence-electron chi connectivity index (χ3n) is 3.33. The van der Waals surface area contributed by atoms with E-state index in [0.29, 0.717) is 6.04 Å². The topological polar surface area (TPSA) is 25.2 Å². The Balaban J connectivity index is 1.87. The van der Waals surface area contributed by atoms with E-state index in [1.165, 1.54) is 9.75 Å². The number of likely N-dealkylation sites (N-methyl/N-ethyl adjacent to an activating group) is 1. The van der Waals surface area contributed by atoms with Gasteiger partial charge in [-0.15, -0.1) is 11.3 Å². The summed E-state index contributed by atoms with van der Waals surface area (Å²) in [6, 6.07) is 9.10. The second kappa shape index (κ2) is 7.51. The molecule has 0 aliphatic heterocycles. The molecule has 19 heavy (non-hydrogen) atoms. The van der Waals surface area contributed by atoms with Gasteiger partial charge < -0.3 is 9.73 Å². The fourth-order valence-electron chi connectivity index (χ4n) is 2.30. The minimum atomic E-state index is 0.540. The molecule has 0 saturated heterocycles. The molecule has 0 amide bonds. The van der Waals surface area contributed by atoms with Crippen LogP contribution in [0.25, 0.3) is 0 Å². The van der Waals surface area contributed by atoms with Crippen molar-refractivity contribution in [3.63, 3.8) is 0 Å². The van der Waals surface area contributed by atoms with Crippen molar-refractivity contribution < 1.29 is 4.42 Å². The van der Waals surface area contributed by atoms with Crippen LogP contribution in [0.2, 0.25) is 0 Å². The zero-order chi connectivity index (χ0) is 13.5. The van der Waals surface area contributed by atoms with Gasteiger partial charge >= 0.3 is 0 Å². The molecule has 0 spiro atoms. The first kappa shape index (κ1) is 14.4. The van der Waals surface area contributed by atoms with Crippen molar-refractivity contribution in [3.05, 3.63) is 46.0 Å². The van der Waals surface area contributed by atoms with Crippen LogP contribution in [0, 0.1) is 0 Å². The van der Waals surface area contributed by atoms with Crippen molar-refractivity contribution >= 4 is 11.3 Å². The van der Waals surface area contributed by atoms with E-state index >= 15 is 0 Å². The first-order chi connectivity index (χ1) is 9.31. The molecular formula is C16H23NOS. The molecule has 0 saturated carbocycles. The van der Waals surface area contributed by atoms with E-state index in [0.717, 1.165) is 38.0 Å². The maximum atomic E-state index is 5.41. The van der Waals surface area contributed by atoms with Crippen LogP contribution >= 0.6 is 11.3 Å². The third-order valence-corrected chi connectivity index (χ3v) is 4.58. The highest BCUT2D eigenvalue weighted by Crippen LogP contribution is 2.20. The van der Waals surface area contributed by atoms with Crippen molar-refractivity contribution in [1.29, 1.82) is 0 Å². The molecule has 1 atom stereocenters. The Bertz CT molecular complexity index is 461. The van der Waals surface area contributed by atoms with Gasteiger partial charge in [0, 0.05) is 22.2 Å². The molecule has 0 aromatic carbocycles. The van der Waals surface area contributed by atoms with E-state index in [1.807, 2.05) is 17.4 Å². The summed E-state index contributed by atoms with van der Waals surface area (Å²) in [5.41, 5.74) is 0. The molecule has 0 radical (unpaired) electrons. The average molecular weight is 277 g/mol. The zero-order valence-corrected chi connectivity index (χ0v) is 12.6. The number of hydrogen-bond acceptors (Lipinski definition) is 3. The number of nitrogens with one attached hydrogen (secondary N) is 1. The number of hydrogen-bond donors (Lipinski definition) is 1. The lowest BCUT2D eigenvalue weighted by Crippen LogP contribution is -2.31. The lowest BCUT2D eigenvalue weighted by atomic mass is 10.1. The lowest BCUT2D eigenvalue weighted by molar-refractivity contribution is 0.449. The zero-order valence-electron chi connectivity index (χ0n) is 11.8. The SMILES string of the molecule is CCNC(CCc1ccco1)Cc1ccc(CC)s1. The highest BCUT2D eigenvalue weighted by Gasteiger charge is 2.11. The third kappa shape index (κ3) is 4.51. The molecule has 2 nitrogen and oxygen atoms in total. The van der Waals surface area contributed by atoms with Crippen LogP contribution in [0.1, 0.15) is 35.8 Å². The molecule has 0 fully saturated rings. The van der Waals surface area contributed by atoms with Crippen molar-refractivity contribution in [2.24, 2.45) is 0 Å². The summed E-state index contributed by atoms with van der Waals surface area (Å²) >= 11 is 1.95. The lowest BCUT2D eigenvalue weighted by Gasteiger charge is -2.16. The summed E-state index contributed by atoms with van der Waals surface area (Å²) in [6.45, 7) is 5.41. The van der Waals surface area contributed by atoms with E-state index in [1.54, 1.807) is 6.26 Å². The highest BCUT2D eigenvalue weighted by molar-refractivity contribution is 7.11. The van der Waals surface area contributed by atoms with E-state index in [9.17, 15) is 0 Å². The second-order valence-corrected chi connectivity index (χ2v) is 6.05. The summed E-state index contributed by atoms with van der Waals surface area (Å²) in [5.74, 6) is 1.09. The van der Waals surface area contributed by atoms with Gasteiger partial charge in [-0.05, 0) is 50.1 Å². The normalized spacial score (nSPS) is 12.7. The molecule has 0 aliphatic rings. The minimum absolute atomic E-state index is 0.540. The van der Waals surface area contributed by atoms with Crippen LogP contribution in [0.15, 0.2) is 34.9 Å². The Morgan fingerprint density at radius 1 is 1.21 bits per heavy atom. The largest absolute Gasteiger partial charge is 0.469 e. The van der Waals surface area contributed by atoms with Gasteiger partial charge in [-0.3, -0.25) is 0 Å². The van der Waals surface area contributed by atoms with Crippen molar-refractivity contribution in [2.45, 2.75) is 45.6 Å². The molecule has 2 heterocycles. The molecule has 3 heteroatoms. The van der Waals surface area contributed by atoms with Crippen molar-refractivity contribution in [1.82, 2.24) is 5.32 Å². The van der Waals surface area contributed by atoms with Crippen LogP contribution in [0.3, 0.4) is 0 Å². The molecule has 2 rings (SSSR count). The van der Waals surface area contributed by atoms with Crippen LogP contribution in [0.5, 0.6) is 0 Å². The fraction of sp³-hybridized carbons (Fsp3) is 0.500. The first-order valence-corrected chi connectivity index (χ1v) is 7.96. The molecule has 1 N–H and O–H groups in total. The van der Waals surface area contributed by atoms with Gasteiger partial charge in [0.1, 0.15) is 5.76 Å². The Hall–Kier alpha value is -1.06. The Morgan fingerprint density at radius 2 is 2.05 bits per heavy atom. The summed E-state index contributed by atoms with van der Waals surface area (Å²) in [5, 5.41) is 3.59. The van der Waals surface area contributed by atoms with Crippen LogP contribution in [-0.4, -0.2) is 12.6 Å². The van der Waals surface area contributed by atoms with E-state index < -0.39 is 0 Å². The van der Waals surface area contributed by atoms with Gasteiger partial charge in [-0.2, -0.15) is 0 Å². The maximum absolute atomic E-state index is 5.41. The number of aryl methyl sites for hydroxylation is 2. The predicted octanol–water partition coefficient (Wildman–Crippen LogP) is 4.06. The van der Waals surface area contributed by atoms with Crippen LogP contribution < -0.4 is 5.32 Å².